The highest BCUT2D eigenvalue weighted by molar-refractivity contribution is 7.14. The van der Waals surface area contributed by atoms with E-state index in [1.807, 2.05) is 5.38 Å². The lowest BCUT2D eigenvalue weighted by molar-refractivity contribution is 0.628. The monoisotopic (exact) mass is 261 g/mol. The van der Waals surface area contributed by atoms with Gasteiger partial charge in [0.25, 0.3) is 0 Å². The molecule has 0 fully saturated rings. The van der Waals surface area contributed by atoms with Crippen molar-refractivity contribution in [3.05, 3.63) is 39.4 Å². The highest BCUT2D eigenvalue weighted by atomic mass is 35.5. The lowest BCUT2D eigenvalue weighted by atomic mass is 10.1. The summed E-state index contributed by atoms with van der Waals surface area (Å²) in [5, 5.41) is 2.57. The summed E-state index contributed by atoms with van der Waals surface area (Å²) in [6.45, 7) is 0. The van der Waals surface area contributed by atoms with Crippen LogP contribution in [0.1, 0.15) is 0 Å². The van der Waals surface area contributed by atoms with E-state index in [0.29, 0.717) is 16.3 Å². The van der Waals surface area contributed by atoms with Gasteiger partial charge in [-0.2, -0.15) is 0 Å². The van der Waals surface area contributed by atoms with Gasteiger partial charge in [-0.3, -0.25) is 0 Å². The minimum atomic E-state index is -0.423. The van der Waals surface area contributed by atoms with Crippen molar-refractivity contribution in [2.75, 3.05) is 5.73 Å². The predicted octanol–water partition coefficient (Wildman–Crippen LogP) is 4.44. The molecule has 2 rings (SSSR count). The first-order valence-electron chi connectivity index (χ1n) is 4.07. The van der Waals surface area contributed by atoms with Crippen LogP contribution in [0.4, 0.5) is 10.1 Å². The fourth-order valence-corrected chi connectivity index (χ4v) is 2.65. The predicted molar refractivity (Wildman–Crippen MR) is 64.1 cm³/mol. The molecule has 0 aliphatic heterocycles. The molecule has 78 valence electrons. The molecule has 0 amide bonds. The van der Waals surface area contributed by atoms with Crippen LogP contribution in [0.5, 0.6) is 0 Å². The largest absolute Gasteiger partial charge is 0.397 e. The topological polar surface area (TPSA) is 26.0 Å². The molecule has 0 unspecified atom stereocenters. The van der Waals surface area contributed by atoms with E-state index >= 15 is 0 Å². The van der Waals surface area contributed by atoms with E-state index in [1.54, 1.807) is 6.07 Å². The number of anilines is 1. The van der Waals surface area contributed by atoms with Crippen LogP contribution in [0.3, 0.4) is 0 Å². The van der Waals surface area contributed by atoms with Crippen LogP contribution in [0, 0.1) is 5.82 Å². The number of hydrogen-bond donors (Lipinski definition) is 1. The number of hydrogen-bond acceptors (Lipinski definition) is 2. The third-order valence-corrected chi connectivity index (χ3v) is 3.64. The Morgan fingerprint density at radius 3 is 2.53 bits per heavy atom. The smallest absolute Gasteiger partial charge is 0.125 e. The molecule has 0 saturated heterocycles. The van der Waals surface area contributed by atoms with Crippen molar-refractivity contribution in [2.24, 2.45) is 0 Å². The van der Waals surface area contributed by atoms with E-state index in [1.165, 1.54) is 23.5 Å². The fraction of sp³-hybridized carbons (Fsp3) is 0. The van der Waals surface area contributed by atoms with Gasteiger partial charge in [0.2, 0.25) is 0 Å². The molecule has 0 aliphatic rings. The van der Waals surface area contributed by atoms with E-state index in [4.69, 9.17) is 28.9 Å². The Labute approximate surface area is 100 Å². The molecule has 0 bridgehead atoms. The molecule has 1 nitrogen and oxygen atoms in total. The number of rotatable bonds is 1. The lowest BCUT2D eigenvalue weighted by Gasteiger charge is -2.06. The van der Waals surface area contributed by atoms with Crippen molar-refractivity contribution in [3.63, 3.8) is 0 Å². The maximum Gasteiger partial charge on any atom is 0.125 e. The summed E-state index contributed by atoms with van der Waals surface area (Å²) < 4.78 is 13.2. The maximum atomic E-state index is 13.2. The zero-order valence-corrected chi connectivity index (χ0v) is 9.76. The van der Waals surface area contributed by atoms with Crippen molar-refractivity contribution in [2.45, 2.75) is 0 Å². The molecule has 2 N–H and O–H groups in total. The Kier molecular flexibility index (Phi) is 2.87. The van der Waals surface area contributed by atoms with Gasteiger partial charge in [0.15, 0.2) is 0 Å². The Morgan fingerprint density at radius 1 is 1.20 bits per heavy atom. The standard InChI is InChI=1S/C10H6Cl2FNS/c11-7-1-2-15-10(7)6-3-5(13)4-8(12)9(6)14/h1-4H,14H2. The molecule has 0 saturated carbocycles. The number of halogens is 3. The van der Waals surface area contributed by atoms with E-state index < -0.39 is 5.82 Å². The van der Waals surface area contributed by atoms with E-state index in [9.17, 15) is 4.39 Å². The third-order valence-electron chi connectivity index (χ3n) is 1.96. The van der Waals surface area contributed by atoms with E-state index in [-0.39, 0.29) is 5.02 Å². The van der Waals surface area contributed by atoms with Gasteiger partial charge in [0.05, 0.1) is 20.6 Å². The minimum Gasteiger partial charge on any atom is -0.397 e. The molecule has 0 radical (unpaired) electrons. The maximum absolute atomic E-state index is 13.2. The molecule has 0 atom stereocenters. The summed E-state index contributed by atoms with van der Waals surface area (Å²) in [7, 11) is 0. The average molecular weight is 262 g/mol. The Morgan fingerprint density at radius 2 is 1.93 bits per heavy atom. The molecule has 1 aromatic heterocycles. The van der Waals surface area contributed by atoms with Gasteiger partial charge in [-0.15, -0.1) is 11.3 Å². The highest BCUT2D eigenvalue weighted by Crippen LogP contribution is 2.39. The van der Waals surface area contributed by atoms with Gasteiger partial charge in [-0.05, 0) is 23.6 Å². The van der Waals surface area contributed by atoms with Crippen LogP contribution < -0.4 is 5.73 Å². The number of thiophene rings is 1. The van der Waals surface area contributed by atoms with Crippen molar-refractivity contribution >= 4 is 40.2 Å². The van der Waals surface area contributed by atoms with Crippen LogP contribution in [0.2, 0.25) is 10.0 Å². The SMILES string of the molecule is Nc1c(Cl)cc(F)cc1-c1sccc1Cl. The van der Waals surface area contributed by atoms with Gasteiger partial charge in [-0.1, -0.05) is 23.2 Å². The second-order valence-corrected chi connectivity index (χ2v) is 4.68. The summed E-state index contributed by atoms with van der Waals surface area (Å²) in [4.78, 5) is 0.732. The van der Waals surface area contributed by atoms with Gasteiger partial charge in [-0.25, -0.2) is 4.39 Å². The summed E-state index contributed by atoms with van der Waals surface area (Å²) >= 11 is 13.1. The highest BCUT2D eigenvalue weighted by Gasteiger charge is 2.12. The molecule has 0 aliphatic carbocycles. The summed E-state index contributed by atoms with van der Waals surface area (Å²) in [5.41, 5.74) is 6.65. The summed E-state index contributed by atoms with van der Waals surface area (Å²) in [6.07, 6.45) is 0. The lowest BCUT2D eigenvalue weighted by Crippen LogP contribution is -1.92. The second kappa shape index (κ2) is 4.00. The molecule has 1 aromatic carbocycles. The van der Waals surface area contributed by atoms with Crippen LogP contribution in [0.25, 0.3) is 10.4 Å². The number of nitrogen functional groups attached to an aromatic ring is 1. The molecule has 5 heteroatoms. The van der Waals surface area contributed by atoms with Crippen molar-refractivity contribution in [1.29, 1.82) is 0 Å². The van der Waals surface area contributed by atoms with Crippen LogP contribution >= 0.6 is 34.5 Å². The zero-order chi connectivity index (χ0) is 11.0. The van der Waals surface area contributed by atoms with Gasteiger partial charge in [0.1, 0.15) is 5.82 Å². The third kappa shape index (κ3) is 1.95. The molecule has 1 heterocycles. The second-order valence-electron chi connectivity index (χ2n) is 2.95. The van der Waals surface area contributed by atoms with Crippen molar-refractivity contribution < 1.29 is 4.39 Å². The molecular formula is C10H6Cl2FNS. The average Bonchev–Trinajstić information content (AvgIpc) is 2.58. The Balaban J connectivity index is 2.68. The first kappa shape index (κ1) is 10.7. The van der Waals surface area contributed by atoms with Gasteiger partial charge < -0.3 is 5.73 Å². The van der Waals surface area contributed by atoms with Gasteiger partial charge in [0, 0.05) is 5.56 Å². The minimum absolute atomic E-state index is 0.203. The van der Waals surface area contributed by atoms with E-state index in [2.05, 4.69) is 0 Å². The van der Waals surface area contributed by atoms with Gasteiger partial charge >= 0.3 is 0 Å². The normalized spacial score (nSPS) is 10.6. The number of benzene rings is 1. The summed E-state index contributed by atoms with van der Waals surface area (Å²) in [5.74, 6) is -0.423. The quantitative estimate of drug-likeness (QED) is 0.755. The molecular weight excluding hydrogens is 256 g/mol. The molecule has 0 spiro atoms. The van der Waals surface area contributed by atoms with Crippen LogP contribution in [-0.4, -0.2) is 0 Å². The Bertz CT molecular complexity index is 510. The molecule has 15 heavy (non-hydrogen) atoms. The first-order valence-corrected chi connectivity index (χ1v) is 5.71. The first-order chi connectivity index (χ1) is 7.09. The summed E-state index contributed by atoms with van der Waals surface area (Å²) in [6, 6.07) is 4.25. The molecule has 2 aromatic rings. The van der Waals surface area contributed by atoms with Crippen molar-refractivity contribution in [3.8, 4) is 10.4 Å². The zero-order valence-electron chi connectivity index (χ0n) is 7.43. The van der Waals surface area contributed by atoms with Crippen molar-refractivity contribution in [1.82, 2.24) is 0 Å². The Hall–Kier alpha value is -0.770. The van der Waals surface area contributed by atoms with E-state index in [0.717, 1.165) is 4.88 Å². The van der Waals surface area contributed by atoms with Crippen LogP contribution in [-0.2, 0) is 0 Å². The number of nitrogens with two attached hydrogens (primary N) is 1. The van der Waals surface area contributed by atoms with Crippen LogP contribution in [0.15, 0.2) is 23.6 Å². The fourth-order valence-electron chi connectivity index (χ4n) is 1.26.